The number of carbonyl (C=O) groups is 2. The number of halogens is 3. The molecule has 1 saturated heterocycles. The lowest BCUT2D eigenvalue weighted by Crippen LogP contribution is -2.51. The van der Waals surface area contributed by atoms with E-state index in [1.54, 1.807) is 6.07 Å². The molecule has 1 heterocycles. The fraction of sp³-hybridized carbons (Fsp3) is 0.500. The quantitative estimate of drug-likeness (QED) is 0.923. The van der Waals surface area contributed by atoms with Crippen molar-refractivity contribution in [1.82, 2.24) is 4.90 Å². The zero-order valence-electron chi connectivity index (χ0n) is 12.6. The number of aliphatic carboxylic acids is 1. The number of amides is 1. The number of carboxylic acid groups (broad SMARTS) is 1. The molecule has 2 rings (SSSR count). The molecule has 1 aromatic carbocycles. The number of carbonyl (C=O) groups excluding carboxylic acids is 1. The number of hydrogen-bond acceptors (Lipinski definition) is 2. The molecule has 0 radical (unpaired) electrons. The maximum Gasteiger partial charge on any atom is 0.396 e. The summed E-state index contributed by atoms with van der Waals surface area (Å²) in [5.41, 5.74) is -1.42. The molecule has 0 aromatic heterocycles. The third-order valence-corrected chi connectivity index (χ3v) is 4.38. The predicted molar refractivity (Wildman–Crippen MR) is 76.8 cm³/mol. The Morgan fingerprint density at radius 2 is 1.91 bits per heavy atom. The van der Waals surface area contributed by atoms with E-state index < -0.39 is 35.9 Å². The summed E-state index contributed by atoms with van der Waals surface area (Å²) in [6.45, 7) is 1.55. The van der Waals surface area contributed by atoms with E-state index in [9.17, 15) is 27.9 Å². The molecule has 23 heavy (non-hydrogen) atoms. The second-order valence-corrected chi connectivity index (χ2v) is 5.94. The Bertz CT molecular complexity index is 588. The Morgan fingerprint density at radius 3 is 2.43 bits per heavy atom. The van der Waals surface area contributed by atoms with Gasteiger partial charge in [0.15, 0.2) is 0 Å². The summed E-state index contributed by atoms with van der Waals surface area (Å²) < 4.78 is 40.0. The SMILES string of the molecule is CC1(C(=O)O)CCCN1C(=O)CC(c1ccccc1)C(F)(F)F. The Labute approximate surface area is 131 Å². The number of alkyl halides is 3. The topological polar surface area (TPSA) is 57.6 Å². The summed E-state index contributed by atoms with van der Waals surface area (Å²) in [6, 6.07) is 7.21. The van der Waals surface area contributed by atoms with Crippen LogP contribution >= 0.6 is 0 Å². The second kappa shape index (κ2) is 6.22. The highest BCUT2D eigenvalue weighted by Gasteiger charge is 2.48. The first-order valence-electron chi connectivity index (χ1n) is 7.32. The largest absolute Gasteiger partial charge is 0.480 e. The van der Waals surface area contributed by atoms with E-state index in [0.717, 1.165) is 4.90 Å². The van der Waals surface area contributed by atoms with Gasteiger partial charge in [-0.25, -0.2) is 4.79 Å². The molecule has 1 N–H and O–H groups in total. The third kappa shape index (κ3) is 3.48. The van der Waals surface area contributed by atoms with Gasteiger partial charge in [-0.3, -0.25) is 4.79 Å². The van der Waals surface area contributed by atoms with Crippen molar-refractivity contribution in [3.63, 3.8) is 0 Å². The first-order chi connectivity index (χ1) is 10.7. The molecule has 4 nitrogen and oxygen atoms in total. The van der Waals surface area contributed by atoms with Crippen LogP contribution in [-0.2, 0) is 9.59 Å². The molecule has 1 amide bonds. The molecular formula is C16H18F3NO3. The van der Waals surface area contributed by atoms with Crippen LogP contribution in [0.3, 0.4) is 0 Å². The first-order valence-corrected chi connectivity index (χ1v) is 7.32. The first kappa shape index (κ1) is 17.3. The van der Waals surface area contributed by atoms with Crippen LogP contribution in [0.25, 0.3) is 0 Å². The van der Waals surface area contributed by atoms with Crippen LogP contribution in [0.5, 0.6) is 0 Å². The molecule has 0 aliphatic carbocycles. The van der Waals surface area contributed by atoms with Crippen molar-refractivity contribution in [2.45, 2.75) is 43.8 Å². The summed E-state index contributed by atoms with van der Waals surface area (Å²) in [4.78, 5) is 24.8. The number of carboxylic acids is 1. The monoisotopic (exact) mass is 329 g/mol. The number of hydrogen-bond donors (Lipinski definition) is 1. The van der Waals surface area contributed by atoms with Crippen LogP contribution in [0.4, 0.5) is 13.2 Å². The zero-order chi connectivity index (χ0) is 17.3. The summed E-state index contributed by atoms with van der Waals surface area (Å²) in [6.07, 6.45) is -4.64. The van der Waals surface area contributed by atoms with Crippen LogP contribution in [-0.4, -0.2) is 40.1 Å². The minimum absolute atomic E-state index is 0.00424. The van der Waals surface area contributed by atoms with E-state index in [2.05, 4.69) is 0 Å². The van der Waals surface area contributed by atoms with Gasteiger partial charge in [-0.15, -0.1) is 0 Å². The number of rotatable bonds is 4. The Hall–Kier alpha value is -2.05. The van der Waals surface area contributed by atoms with Crippen molar-refractivity contribution >= 4 is 11.9 Å². The van der Waals surface area contributed by atoms with Crippen molar-refractivity contribution in [3.8, 4) is 0 Å². The van der Waals surface area contributed by atoms with Gasteiger partial charge in [0.1, 0.15) is 5.54 Å². The zero-order valence-corrected chi connectivity index (χ0v) is 12.6. The van der Waals surface area contributed by atoms with Crippen molar-refractivity contribution < 1.29 is 27.9 Å². The molecule has 0 spiro atoms. The summed E-state index contributed by atoms with van der Waals surface area (Å²) in [5.74, 6) is -3.90. The molecular weight excluding hydrogens is 311 g/mol. The average molecular weight is 329 g/mol. The van der Waals surface area contributed by atoms with Gasteiger partial charge in [0.05, 0.1) is 5.92 Å². The molecule has 1 aliphatic rings. The highest BCUT2D eigenvalue weighted by atomic mass is 19.4. The van der Waals surface area contributed by atoms with E-state index >= 15 is 0 Å². The minimum Gasteiger partial charge on any atom is -0.480 e. The van der Waals surface area contributed by atoms with Gasteiger partial charge < -0.3 is 10.0 Å². The van der Waals surface area contributed by atoms with Crippen LogP contribution < -0.4 is 0 Å². The molecule has 1 aromatic rings. The molecule has 1 fully saturated rings. The van der Waals surface area contributed by atoms with Crippen LogP contribution in [0, 0.1) is 0 Å². The van der Waals surface area contributed by atoms with Gasteiger partial charge >= 0.3 is 12.1 Å². The molecule has 126 valence electrons. The lowest BCUT2D eigenvalue weighted by atomic mass is 9.93. The Balaban J connectivity index is 2.24. The molecule has 2 unspecified atom stereocenters. The van der Waals surface area contributed by atoms with Gasteiger partial charge in [0.2, 0.25) is 5.91 Å². The predicted octanol–water partition coefficient (Wildman–Crippen LogP) is 3.19. The van der Waals surface area contributed by atoms with Gasteiger partial charge in [-0.2, -0.15) is 13.2 Å². The van der Waals surface area contributed by atoms with Crippen molar-refractivity contribution in [3.05, 3.63) is 35.9 Å². The molecule has 1 aliphatic heterocycles. The van der Waals surface area contributed by atoms with Gasteiger partial charge in [-0.1, -0.05) is 30.3 Å². The minimum atomic E-state index is -4.57. The number of benzene rings is 1. The van der Waals surface area contributed by atoms with E-state index in [1.165, 1.54) is 31.2 Å². The van der Waals surface area contributed by atoms with Crippen LogP contribution in [0.1, 0.15) is 37.7 Å². The standard InChI is InChI=1S/C16H18F3NO3/c1-15(14(22)23)8-5-9-20(15)13(21)10-12(16(17,18)19)11-6-3-2-4-7-11/h2-4,6-7,12H,5,8-10H2,1H3,(H,22,23). The average Bonchev–Trinajstić information content (AvgIpc) is 2.88. The second-order valence-electron chi connectivity index (χ2n) is 5.94. The smallest absolute Gasteiger partial charge is 0.396 e. The third-order valence-electron chi connectivity index (χ3n) is 4.38. The summed E-state index contributed by atoms with van der Waals surface area (Å²) in [5, 5.41) is 9.29. The summed E-state index contributed by atoms with van der Waals surface area (Å²) in [7, 11) is 0. The van der Waals surface area contributed by atoms with Gasteiger partial charge in [0, 0.05) is 13.0 Å². The van der Waals surface area contributed by atoms with E-state index in [0.29, 0.717) is 6.42 Å². The summed E-state index contributed by atoms with van der Waals surface area (Å²) >= 11 is 0. The number of nitrogens with zero attached hydrogens (tertiary/aromatic N) is 1. The normalized spacial score (nSPS) is 22.9. The maximum atomic E-state index is 13.3. The highest BCUT2D eigenvalue weighted by molar-refractivity contribution is 5.87. The molecule has 0 saturated carbocycles. The lowest BCUT2D eigenvalue weighted by molar-refractivity contribution is -0.165. The fourth-order valence-electron chi connectivity index (χ4n) is 2.98. The molecule has 7 heteroatoms. The van der Waals surface area contributed by atoms with Crippen molar-refractivity contribution in [2.24, 2.45) is 0 Å². The van der Waals surface area contributed by atoms with Crippen LogP contribution in [0.15, 0.2) is 30.3 Å². The van der Waals surface area contributed by atoms with Crippen molar-refractivity contribution in [2.75, 3.05) is 6.54 Å². The maximum absolute atomic E-state index is 13.3. The van der Waals surface area contributed by atoms with E-state index in [1.807, 2.05) is 0 Å². The van der Waals surface area contributed by atoms with Crippen molar-refractivity contribution in [1.29, 1.82) is 0 Å². The van der Waals surface area contributed by atoms with E-state index in [-0.39, 0.29) is 18.5 Å². The molecule has 2 atom stereocenters. The van der Waals surface area contributed by atoms with Crippen LogP contribution in [0.2, 0.25) is 0 Å². The highest BCUT2D eigenvalue weighted by Crippen LogP contribution is 2.39. The fourth-order valence-corrected chi connectivity index (χ4v) is 2.98. The van der Waals surface area contributed by atoms with Gasteiger partial charge in [-0.05, 0) is 25.3 Å². The number of likely N-dealkylation sites (tertiary alicyclic amines) is 1. The molecule has 0 bridgehead atoms. The van der Waals surface area contributed by atoms with Gasteiger partial charge in [0.25, 0.3) is 0 Å². The van der Waals surface area contributed by atoms with E-state index in [4.69, 9.17) is 0 Å². The Kier molecular flexibility index (Phi) is 4.68. The Morgan fingerprint density at radius 1 is 1.30 bits per heavy atom. The lowest BCUT2D eigenvalue weighted by Gasteiger charge is -2.32.